The van der Waals surface area contributed by atoms with E-state index in [0.29, 0.717) is 12.1 Å². The number of nitrogens with zero attached hydrogens (tertiary/aromatic N) is 1. The fourth-order valence-electron chi connectivity index (χ4n) is 1.24. The van der Waals surface area contributed by atoms with Gasteiger partial charge in [-0.05, 0) is 24.6 Å². The van der Waals surface area contributed by atoms with E-state index >= 15 is 0 Å². The Morgan fingerprint density at radius 2 is 2.19 bits per heavy atom. The summed E-state index contributed by atoms with van der Waals surface area (Å²) in [6, 6.07) is 8.99. The van der Waals surface area contributed by atoms with Gasteiger partial charge in [-0.1, -0.05) is 12.1 Å². The minimum Gasteiger partial charge on any atom is -0.352 e. The monoisotopic (exact) mass is 216 g/mol. The zero-order chi connectivity index (χ0) is 12.0. The molecule has 0 saturated carbocycles. The van der Waals surface area contributed by atoms with Crippen LogP contribution in [0.25, 0.3) is 0 Å². The van der Waals surface area contributed by atoms with E-state index in [4.69, 9.17) is 5.26 Å². The predicted molar refractivity (Wildman–Crippen MR) is 58.3 cm³/mol. The normalized spacial score (nSPS) is 9.25. The van der Waals surface area contributed by atoms with Crippen LogP contribution < -0.4 is 5.32 Å². The Morgan fingerprint density at radius 3 is 2.81 bits per heavy atom. The van der Waals surface area contributed by atoms with E-state index in [9.17, 15) is 9.59 Å². The van der Waals surface area contributed by atoms with E-state index in [1.807, 2.05) is 12.1 Å². The maximum atomic E-state index is 11.2. The number of benzene rings is 1. The molecule has 4 nitrogen and oxygen atoms in total. The van der Waals surface area contributed by atoms with Gasteiger partial charge in [-0.2, -0.15) is 5.26 Å². The van der Waals surface area contributed by atoms with Crippen LogP contribution in [0.5, 0.6) is 0 Å². The van der Waals surface area contributed by atoms with Gasteiger partial charge in [-0.3, -0.25) is 9.59 Å². The lowest BCUT2D eigenvalue weighted by Crippen LogP contribution is -2.24. The molecule has 0 aromatic heterocycles. The summed E-state index contributed by atoms with van der Waals surface area (Å²) in [5.41, 5.74) is 1.40. The maximum Gasteiger partial charge on any atom is 0.227 e. The summed E-state index contributed by atoms with van der Waals surface area (Å²) >= 11 is 0. The van der Waals surface area contributed by atoms with Crippen molar-refractivity contribution in [1.82, 2.24) is 5.32 Å². The van der Waals surface area contributed by atoms with Gasteiger partial charge in [-0.15, -0.1) is 0 Å². The third kappa shape index (κ3) is 3.93. The second-order valence-electron chi connectivity index (χ2n) is 3.47. The van der Waals surface area contributed by atoms with Crippen LogP contribution in [0.4, 0.5) is 0 Å². The Hall–Kier alpha value is -2.15. The minimum absolute atomic E-state index is 0.0993. The summed E-state index contributed by atoms with van der Waals surface area (Å²) in [5.74, 6) is -0.460. The first-order valence-electron chi connectivity index (χ1n) is 4.87. The number of nitriles is 1. The number of hydrogen-bond donors (Lipinski definition) is 1. The van der Waals surface area contributed by atoms with Gasteiger partial charge >= 0.3 is 0 Å². The third-order valence-electron chi connectivity index (χ3n) is 1.96. The SMILES string of the molecule is CC(=O)CC(=O)NCc1cccc(C#N)c1. The fourth-order valence-corrected chi connectivity index (χ4v) is 1.24. The molecule has 1 aromatic carbocycles. The Morgan fingerprint density at radius 1 is 1.44 bits per heavy atom. The van der Waals surface area contributed by atoms with Gasteiger partial charge in [0.1, 0.15) is 5.78 Å². The number of carbonyl (C=O) groups excluding carboxylic acids is 2. The molecule has 4 heteroatoms. The summed E-state index contributed by atoms with van der Waals surface area (Å²) in [5, 5.41) is 11.3. The molecule has 0 heterocycles. The van der Waals surface area contributed by atoms with Crippen molar-refractivity contribution in [2.24, 2.45) is 0 Å². The second-order valence-corrected chi connectivity index (χ2v) is 3.47. The van der Waals surface area contributed by atoms with Gasteiger partial charge in [0, 0.05) is 6.54 Å². The smallest absolute Gasteiger partial charge is 0.227 e. The van der Waals surface area contributed by atoms with Crippen molar-refractivity contribution in [3.8, 4) is 6.07 Å². The van der Waals surface area contributed by atoms with Crippen LogP contribution in [-0.4, -0.2) is 11.7 Å². The molecule has 0 aliphatic heterocycles. The van der Waals surface area contributed by atoms with E-state index in [1.54, 1.807) is 18.2 Å². The number of ketones is 1. The second kappa shape index (κ2) is 5.66. The zero-order valence-electron chi connectivity index (χ0n) is 8.99. The number of amides is 1. The molecule has 1 amide bonds. The van der Waals surface area contributed by atoms with E-state index in [-0.39, 0.29) is 18.1 Å². The molecule has 0 radical (unpaired) electrons. The molecule has 0 bridgehead atoms. The molecule has 1 rings (SSSR count). The molecule has 0 aliphatic carbocycles. The highest BCUT2D eigenvalue weighted by molar-refractivity contribution is 5.96. The van der Waals surface area contributed by atoms with Gasteiger partial charge in [0.25, 0.3) is 0 Å². The molecule has 0 unspecified atom stereocenters. The number of hydrogen-bond acceptors (Lipinski definition) is 3. The first-order valence-corrected chi connectivity index (χ1v) is 4.87. The van der Waals surface area contributed by atoms with Gasteiger partial charge in [0.2, 0.25) is 5.91 Å². The predicted octanol–water partition coefficient (Wildman–Crippen LogP) is 1.15. The summed E-state index contributed by atoms with van der Waals surface area (Å²) < 4.78 is 0. The number of rotatable bonds is 4. The van der Waals surface area contributed by atoms with Gasteiger partial charge in [-0.25, -0.2) is 0 Å². The largest absolute Gasteiger partial charge is 0.352 e. The lowest BCUT2D eigenvalue weighted by molar-refractivity contribution is -0.127. The summed E-state index contributed by atoms with van der Waals surface area (Å²) in [6.07, 6.45) is -0.0993. The van der Waals surface area contributed by atoms with E-state index in [0.717, 1.165) is 5.56 Å². The van der Waals surface area contributed by atoms with Crippen LogP contribution in [0.1, 0.15) is 24.5 Å². The maximum absolute atomic E-state index is 11.2. The van der Waals surface area contributed by atoms with Crippen LogP contribution in [-0.2, 0) is 16.1 Å². The Kier molecular flexibility index (Phi) is 4.22. The highest BCUT2D eigenvalue weighted by Gasteiger charge is 2.04. The van der Waals surface area contributed by atoms with Gasteiger partial charge in [0.15, 0.2) is 0 Å². The van der Waals surface area contributed by atoms with Crippen LogP contribution in [0, 0.1) is 11.3 Å². The van der Waals surface area contributed by atoms with Crippen molar-refractivity contribution in [2.45, 2.75) is 19.9 Å². The van der Waals surface area contributed by atoms with E-state index in [2.05, 4.69) is 5.32 Å². The van der Waals surface area contributed by atoms with Crippen molar-refractivity contribution in [2.75, 3.05) is 0 Å². The first kappa shape index (κ1) is 11.9. The van der Waals surface area contributed by atoms with Crippen molar-refractivity contribution < 1.29 is 9.59 Å². The lowest BCUT2D eigenvalue weighted by atomic mass is 10.1. The zero-order valence-corrected chi connectivity index (χ0v) is 8.99. The van der Waals surface area contributed by atoms with E-state index in [1.165, 1.54) is 6.92 Å². The molecule has 0 spiro atoms. The van der Waals surface area contributed by atoms with Crippen LogP contribution >= 0.6 is 0 Å². The van der Waals surface area contributed by atoms with Gasteiger partial charge in [0.05, 0.1) is 18.1 Å². The first-order chi connectivity index (χ1) is 7.61. The Balaban J connectivity index is 2.52. The molecule has 1 N–H and O–H groups in total. The highest BCUT2D eigenvalue weighted by atomic mass is 16.2. The molecule has 0 aliphatic rings. The molecule has 16 heavy (non-hydrogen) atoms. The van der Waals surface area contributed by atoms with Crippen LogP contribution in [0.2, 0.25) is 0 Å². The fraction of sp³-hybridized carbons (Fsp3) is 0.250. The summed E-state index contributed by atoms with van der Waals surface area (Å²) in [7, 11) is 0. The molecular weight excluding hydrogens is 204 g/mol. The number of Topliss-reactive ketones (excluding diaryl/α,β-unsaturated/α-hetero) is 1. The van der Waals surface area contributed by atoms with Crippen LogP contribution in [0.3, 0.4) is 0 Å². The minimum atomic E-state index is -0.296. The van der Waals surface area contributed by atoms with Crippen molar-refractivity contribution in [3.05, 3.63) is 35.4 Å². The lowest BCUT2D eigenvalue weighted by Gasteiger charge is -2.04. The number of nitrogens with one attached hydrogen (secondary N) is 1. The summed E-state index contributed by atoms with van der Waals surface area (Å²) in [4.78, 5) is 21.8. The molecule has 0 saturated heterocycles. The molecule has 0 atom stereocenters. The van der Waals surface area contributed by atoms with Gasteiger partial charge < -0.3 is 5.32 Å². The quantitative estimate of drug-likeness (QED) is 0.767. The van der Waals surface area contributed by atoms with Crippen molar-refractivity contribution in [3.63, 3.8) is 0 Å². The molecule has 82 valence electrons. The standard InChI is InChI=1S/C12H12N2O2/c1-9(15)5-12(16)14-8-11-4-2-3-10(6-11)7-13/h2-4,6H,5,8H2,1H3,(H,14,16). The van der Waals surface area contributed by atoms with Crippen molar-refractivity contribution >= 4 is 11.7 Å². The topological polar surface area (TPSA) is 70.0 Å². The summed E-state index contributed by atoms with van der Waals surface area (Å²) in [6.45, 7) is 1.71. The average molecular weight is 216 g/mol. The third-order valence-corrected chi connectivity index (χ3v) is 1.96. The van der Waals surface area contributed by atoms with Crippen LogP contribution in [0.15, 0.2) is 24.3 Å². The van der Waals surface area contributed by atoms with Crippen molar-refractivity contribution in [1.29, 1.82) is 5.26 Å². The Labute approximate surface area is 93.9 Å². The number of carbonyl (C=O) groups is 2. The average Bonchev–Trinajstić information content (AvgIpc) is 2.26. The highest BCUT2D eigenvalue weighted by Crippen LogP contribution is 2.03. The molecular formula is C12H12N2O2. The molecule has 1 aromatic rings. The molecule has 0 fully saturated rings. The Bertz CT molecular complexity index is 447. The van der Waals surface area contributed by atoms with E-state index < -0.39 is 0 Å².